The molecular formula is C32H35N3O4. The summed E-state index contributed by atoms with van der Waals surface area (Å²) in [6, 6.07) is 19.2. The van der Waals surface area contributed by atoms with Crippen molar-refractivity contribution in [3.63, 3.8) is 0 Å². The van der Waals surface area contributed by atoms with Gasteiger partial charge in [0.1, 0.15) is 17.1 Å². The van der Waals surface area contributed by atoms with Crippen LogP contribution in [0.1, 0.15) is 70.5 Å². The predicted octanol–water partition coefficient (Wildman–Crippen LogP) is 6.72. The molecule has 3 aromatic carbocycles. The summed E-state index contributed by atoms with van der Waals surface area (Å²) in [5.74, 6) is 1.32. The Morgan fingerprint density at radius 3 is 2.56 bits per heavy atom. The van der Waals surface area contributed by atoms with Gasteiger partial charge in [0.15, 0.2) is 11.5 Å². The molecule has 2 heterocycles. The van der Waals surface area contributed by atoms with Gasteiger partial charge in [0.05, 0.1) is 19.8 Å². The number of H-pyrrole nitrogens is 1. The molecule has 1 aliphatic heterocycles. The maximum Gasteiger partial charge on any atom is 0.273 e. The molecule has 202 valence electrons. The topological polar surface area (TPSA) is 87.7 Å². The lowest BCUT2D eigenvalue weighted by Crippen LogP contribution is -2.29. The first-order valence-corrected chi connectivity index (χ1v) is 13.5. The molecule has 4 aromatic rings. The first-order valence-electron chi connectivity index (χ1n) is 13.5. The second kappa shape index (κ2) is 11.2. The van der Waals surface area contributed by atoms with Gasteiger partial charge in [-0.1, -0.05) is 62.2 Å². The first kappa shape index (κ1) is 26.4. The van der Waals surface area contributed by atoms with Gasteiger partial charge in [-0.05, 0) is 60.7 Å². The molecule has 1 amide bonds. The van der Waals surface area contributed by atoms with E-state index in [2.05, 4.69) is 17.1 Å². The minimum absolute atomic E-state index is 0.139. The van der Waals surface area contributed by atoms with Gasteiger partial charge in [0.25, 0.3) is 5.91 Å². The zero-order valence-corrected chi connectivity index (χ0v) is 23.0. The fourth-order valence-electron chi connectivity index (χ4n) is 5.34. The van der Waals surface area contributed by atoms with E-state index in [1.807, 2.05) is 79.4 Å². The van der Waals surface area contributed by atoms with E-state index in [1.165, 1.54) is 0 Å². The molecule has 1 unspecified atom stereocenters. The highest BCUT2D eigenvalue weighted by Crippen LogP contribution is 2.47. The highest BCUT2D eigenvalue weighted by Gasteiger charge is 2.43. The lowest BCUT2D eigenvalue weighted by Gasteiger charge is -2.27. The third-order valence-electron chi connectivity index (χ3n) is 7.27. The number of aromatic amines is 1. The monoisotopic (exact) mass is 525 g/mol. The van der Waals surface area contributed by atoms with Crippen LogP contribution < -0.4 is 9.47 Å². The largest absolute Gasteiger partial charge is 0.507 e. The van der Waals surface area contributed by atoms with E-state index < -0.39 is 6.04 Å². The number of rotatable bonds is 10. The van der Waals surface area contributed by atoms with Crippen molar-refractivity contribution < 1.29 is 19.4 Å². The minimum atomic E-state index is -0.440. The molecule has 2 N–H and O–H groups in total. The highest BCUT2D eigenvalue weighted by atomic mass is 16.5. The Kier molecular flexibility index (Phi) is 7.59. The molecule has 0 spiro atoms. The van der Waals surface area contributed by atoms with Crippen molar-refractivity contribution in [1.82, 2.24) is 15.1 Å². The number of methoxy groups -OCH3 is 1. The maximum atomic E-state index is 13.8. The Hall–Kier alpha value is -4.26. The summed E-state index contributed by atoms with van der Waals surface area (Å²) in [6.45, 7) is 7.05. The minimum Gasteiger partial charge on any atom is -0.507 e. The molecule has 1 atom stereocenters. The van der Waals surface area contributed by atoms with Crippen LogP contribution in [0.15, 0.2) is 60.7 Å². The number of nitrogens with one attached hydrogen (secondary N) is 1. The molecule has 0 aliphatic carbocycles. The normalized spacial score (nSPS) is 14.5. The van der Waals surface area contributed by atoms with Crippen LogP contribution in [0, 0.1) is 13.8 Å². The number of hydrogen-bond acceptors (Lipinski definition) is 5. The Bertz CT molecular complexity index is 1480. The van der Waals surface area contributed by atoms with Crippen LogP contribution in [0.4, 0.5) is 0 Å². The fraction of sp³-hybridized carbons (Fsp3) is 0.312. The van der Waals surface area contributed by atoms with Gasteiger partial charge in [-0.15, -0.1) is 0 Å². The predicted molar refractivity (Wildman–Crippen MR) is 151 cm³/mol. The van der Waals surface area contributed by atoms with E-state index in [-0.39, 0.29) is 11.7 Å². The zero-order valence-electron chi connectivity index (χ0n) is 23.0. The van der Waals surface area contributed by atoms with Crippen LogP contribution in [-0.2, 0) is 6.54 Å². The van der Waals surface area contributed by atoms with Crippen molar-refractivity contribution in [2.75, 3.05) is 13.7 Å². The Labute approximate surface area is 229 Å². The second-order valence-corrected chi connectivity index (χ2v) is 10.1. The fourth-order valence-corrected chi connectivity index (χ4v) is 5.34. The van der Waals surface area contributed by atoms with Gasteiger partial charge in [-0.25, -0.2) is 0 Å². The van der Waals surface area contributed by atoms with E-state index in [9.17, 15) is 9.90 Å². The van der Waals surface area contributed by atoms with Crippen molar-refractivity contribution in [1.29, 1.82) is 0 Å². The highest BCUT2D eigenvalue weighted by molar-refractivity contribution is 6.00. The molecule has 0 fully saturated rings. The number of phenolic OH excluding ortho intramolecular Hbond substituents is 1. The van der Waals surface area contributed by atoms with E-state index in [0.29, 0.717) is 41.6 Å². The molecule has 0 saturated heterocycles. The van der Waals surface area contributed by atoms with Crippen LogP contribution >= 0.6 is 0 Å². The van der Waals surface area contributed by atoms with Crippen LogP contribution in [0.5, 0.6) is 17.2 Å². The number of phenols is 1. The molecule has 0 bridgehead atoms. The second-order valence-electron chi connectivity index (χ2n) is 10.1. The zero-order chi connectivity index (χ0) is 27.5. The van der Waals surface area contributed by atoms with Crippen LogP contribution in [-0.4, -0.2) is 39.8 Å². The van der Waals surface area contributed by atoms with Gasteiger partial charge in [0, 0.05) is 17.7 Å². The van der Waals surface area contributed by atoms with Crippen molar-refractivity contribution in [2.45, 2.75) is 52.6 Å². The van der Waals surface area contributed by atoms with Crippen molar-refractivity contribution in [2.24, 2.45) is 0 Å². The number of hydrogen-bond donors (Lipinski definition) is 2. The molecular weight excluding hydrogens is 490 g/mol. The Morgan fingerprint density at radius 1 is 1.03 bits per heavy atom. The lowest BCUT2D eigenvalue weighted by atomic mass is 9.93. The van der Waals surface area contributed by atoms with Crippen molar-refractivity contribution >= 4 is 5.91 Å². The molecule has 1 aromatic heterocycles. The molecule has 7 nitrogen and oxygen atoms in total. The summed E-state index contributed by atoms with van der Waals surface area (Å²) in [6.07, 6.45) is 3.21. The molecule has 0 radical (unpaired) electrons. The molecule has 5 rings (SSSR count). The SMILES string of the molecule is CCCCCOc1ccc(C2c3c(-c4cc(C)cc(C)c4O)n[nH]c3C(=O)N2Cc2ccccc2)cc1OC. The van der Waals surface area contributed by atoms with E-state index in [4.69, 9.17) is 9.47 Å². The van der Waals surface area contributed by atoms with E-state index in [0.717, 1.165) is 47.1 Å². The summed E-state index contributed by atoms with van der Waals surface area (Å²) in [5, 5.41) is 18.5. The quantitative estimate of drug-likeness (QED) is 0.224. The number of ether oxygens (including phenoxy) is 2. The maximum absolute atomic E-state index is 13.8. The Balaban J connectivity index is 1.61. The van der Waals surface area contributed by atoms with Gasteiger partial charge in [-0.2, -0.15) is 5.10 Å². The summed E-state index contributed by atoms with van der Waals surface area (Å²) in [5.41, 5.74) is 6.02. The Morgan fingerprint density at radius 2 is 1.82 bits per heavy atom. The third kappa shape index (κ3) is 5.09. The van der Waals surface area contributed by atoms with Crippen LogP contribution in [0.2, 0.25) is 0 Å². The molecule has 1 aliphatic rings. The summed E-state index contributed by atoms with van der Waals surface area (Å²) in [4.78, 5) is 15.7. The number of aryl methyl sites for hydroxylation is 2. The molecule has 39 heavy (non-hydrogen) atoms. The van der Waals surface area contributed by atoms with Gasteiger partial charge < -0.3 is 19.5 Å². The number of benzene rings is 3. The standard InChI is InChI=1S/C32H35N3O4/c1-5-6-10-15-39-25-14-13-23(18-26(25)38-4)30-27-28(24-17-20(2)16-21(3)31(24)36)33-34-29(27)32(37)35(30)19-22-11-8-7-9-12-22/h7-9,11-14,16-18,30,36H,5-6,10,15,19H2,1-4H3,(H,33,34). The van der Waals surface area contributed by atoms with Gasteiger partial charge in [-0.3, -0.25) is 9.89 Å². The van der Waals surface area contributed by atoms with E-state index in [1.54, 1.807) is 7.11 Å². The summed E-state index contributed by atoms with van der Waals surface area (Å²) < 4.78 is 11.7. The number of carbonyl (C=O) groups is 1. The molecule has 0 saturated carbocycles. The number of amides is 1. The smallest absolute Gasteiger partial charge is 0.273 e. The number of aromatic nitrogens is 2. The summed E-state index contributed by atoms with van der Waals surface area (Å²) >= 11 is 0. The van der Waals surface area contributed by atoms with Gasteiger partial charge >= 0.3 is 0 Å². The first-order chi connectivity index (χ1) is 18.9. The molecule has 7 heteroatoms. The van der Waals surface area contributed by atoms with Crippen LogP contribution in [0.3, 0.4) is 0 Å². The van der Waals surface area contributed by atoms with Crippen molar-refractivity contribution in [3.8, 4) is 28.5 Å². The summed E-state index contributed by atoms with van der Waals surface area (Å²) in [7, 11) is 1.63. The van der Waals surface area contributed by atoms with Crippen LogP contribution in [0.25, 0.3) is 11.3 Å². The number of aromatic hydroxyl groups is 1. The van der Waals surface area contributed by atoms with Crippen molar-refractivity contribution in [3.05, 3.63) is 94.2 Å². The number of carbonyl (C=O) groups excluding carboxylic acids is 1. The number of nitrogens with zero attached hydrogens (tertiary/aromatic N) is 2. The average molecular weight is 526 g/mol. The third-order valence-corrected chi connectivity index (χ3v) is 7.27. The lowest BCUT2D eigenvalue weighted by molar-refractivity contribution is 0.0730. The van der Waals surface area contributed by atoms with E-state index >= 15 is 0 Å². The average Bonchev–Trinajstić information content (AvgIpc) is 3.48. The van der Waals surface area contributed by atoms with Gasteiger partial charge in [0.2, 0.25) is 0 Å². The number of fused-ring (bicyclic) bond motifs is 1. The number of unbranched alkanes of at least 4 members (excludes halogenated alkanes) is 2.